The zero-order chi connectivity index (χ0) is 23.9. The third-order valence-electron chi connectivity index (χ3n) is 6.34. The van der Waals surface area contributed by atoms with Crippen molar-refractivity contribution < 1.29 is 13.2 Å². The van der Waals surface area contributed by atoms with Gasteiger partial charge in [0.1, 0.15) is 0 Å². The van der Waals surface area contributed by atoms with Crippen LogP contribution in [0.5, 0.6) is 0 Å². The Kier molecular flexibility index (Phi) is 6.22. The predicted octanol–water partition coefficient (Wildman–Crippen LogP) is 5.02. The molecule has 10 heteroatoms. The van der Waals surface area contributed by atoms with Crippen LogP contribution in [0.3, 0.4) is 0 Å². The molecule has 0 radical (unpaired) electrons. The lowest BCUT2D eigenvalue weighted by atomic mass is 9.91. The summed E-state index contributed by atoms with van der Waals surface area (Å²) in [6.07, 6.45) is -2.69. The van der Waals surface area contributed by atoms with Crippen LogP contribution in [0.4, 0.5) is 13.2 Å². The van der Waals surface area contributed by atoms with Crippen LogP contribution in [-0.4, -0.2) is 31.7 Å². The lowest BCUT2D eigenvalue weighted by molar-refractivity contribution is -0.137. The first kappa shape index (κ1) is 23.1. The number of hydrogen-bond acceptors (Lipinski definition) is 6. The van der Waals surface area contributed by atoms with Crippen molar-refractivity contribution in [1.29, 1.82) is 0 Å². The highest BCUT2D eigenvalue weighted by atomic mass is 32.2. The first-order chi connectivity index (χ1) is 16.3. The SMILES string of the molecule is CC1NNC(C)C1CCc1nc2c3ccccc3nc(SCc3cccc(C(F)(F)F)c3)n2n1. The molecule has 34 heavy (non-hydrogen) atoms. The average molecular weight is 487 g/mol. The quantitative estimate of drug-likeness (QED) is 0.295. The van der Waals surface area contributed by atoms with Crippen LogP contribution >= 0.6 is 11.8 Å². The number of halogens is 3. The number of hydrazine groups is 1. The van der Waals surface area contributed by atoms with Crippen molar-refractivity contribution in [3.05, 3.63) is 65.5 Å². The Morgan fingerprint density at radius 2 is 1.76 bits per heavy atom. The fraction of sp³-hybridized carbons (Fsp3) is 0.375. The molecule has 0 aliphatic carbocycles. The summed E-state index contributed by atoms with van der Waals surface area (Å²) in [6.45, 7) is 4.33. The molecule has 1 saturated heterocycles. The van der Waals surface area contributed by atoms with Crippen LogP contribution in [0.1, 0.15) is 37.2 Å². The van der Waals surface area contributed by atoms with Gasteiger partial charge in [0, 0.05) is 29.6 Å². The molecule has 3 heterocycles. The van der Waals surface area contributed by atoms with Crippen LogP contribution in [0.15, 0.2) is 53.7 Å². The predicted molar refractivity (Wildman–Crippen MR) is 126 cm³/mol. The number of aromatic nitrogens is 4. The summed E-state index contributed by atoms with van der Waals surface area (Å²) in [4.78, 5) is 9.57. The maximum Gasteiger partial charge on any atom is 0.416 e. The molecule has 0 saturated carbocycles. The molecule has 0 spiro atoms. The fourth-order valence-electron chi connectivity index (χ4n) is 4.46. The Labute approximate surface area is 199 Å². The van der Waals surface area contributed by atoms with E-state index >= 15 is 0 Å². The van der Waals surface area contributed by atoms with Gasteiger partial charge >= 0.3 is 6.18 Å². The maximum atomic E-state index is 13.1. The van der Waals surface area contributed by atoms with Crippen LogP contribution in [-0.2, 0) is 18.3 Å². The number of aryl methyl sites for hydroxylation is 1. The number of thioether (sulfide) groups is 1. The number of nitrogens with one attached hydrogen (secondary N) is 2. The summed E-state index contributed by atoms with van der Waals surface area (Å²) in [5.74, 6) is 1.55. The largest absolute Gasteiger partial charge is 0.416 e. The minimum atomic E-state index is -4.37. The Hall–Kier alpha value is -2.69. The zero-order valence-corrected chi connectivity index (χ0v) is 19.6. The van der Waals surface area contributed by atoms with Crippen LogP contribution in [0.2, 0.25) is 0 Å². The molecule has 0 amide bonds. The third kappa shape index (κ3) is 4.62. The van der Waals surface area contributed by atoms with Crippen molar-refractivity contribution in [2.75, 3.05) is 0 Å². The lowest BCUT2D eigenvalue weighted by Crippen LogP contribution is -2.30. The zero-order valence-electron chi connectivity index (χ0n) is 18.8. The van der Waals surface area contributed by atoms with Gasteiger partial charge in [-0.05, 0) is 49.9 Å². The number of alkyl halides is 3. The van der Waals surface area contributed by atoms with Crippen molar-refractivity contribution in [1.82, 2.24) is 30.4 Å². The minimum Gasteiger partial charge on any atom is -0.254 e. The molecule has 1 aliphatic heterocycles. The number of benzene rings is 2. The summed E-state index contributed by atoms with van der Waals surface area (Å²) in [6, 6.07) is 13.9. The normalized spacial score (nSPS) is 21.0. The monoisotopic (exact) mass is 486 g/mol. The summed E-state index contributed by atoms with van der Waals surface area (Å²) >= 11 is 1.36. The first-order valence-corrected chi connectivity index (χ1v) is 12.2. The Bertz CT molecular complexity index is 1310. The minimum absolute atomic E-state index is 0.341. The van der Waals surface area contributed by atoms with Gasteiger partial charge in [0.2, 0.25) is 0 Å². The summed E-state index contributed by atoms with van der Waals surface area (Å²) < 4.78 is 41.0. The Morgan fingerprint density at radius 1 is 1.00 bits per heavy atom. The topological polar surface area (TPSA) is 67.1 Å². The van der Waals surface area contributed by atoms with Crippen LogP contribution in [0, 0.1) is 5.92 Å². The van der Waals surface area contributed by atoms with Crippen molar-refractivity contribution in [3.63, 3.8) is 0 Å². The smallest absolute Gasteiger partial charge is 0.254 e. The third-order valence-corrected chi connectivity index (χ3v) is 7.34. The molecule has 5 rings (SSSR count). The standard InChI is InChI=1S/C24H25F3N6S/c1-14-18(15(2)31-30-14)10-11-21-29-22-19-8-3-4-9-20(19)28-23(33(22)32-21)34-13-16-6-5-7-17(12-16)24(25,26)27/h3-9,12,14-15,18,30-31H,10-11,13H2,1-2H3. The van der Waals surface area contributed by atoms with Gasteiger partial charge in [0.25, 0.3) is 0 Å². The molecule has 2 aromatic carbocycles. The van der Waals surface area contributed by atoms with Crippen LogP contribution < -0.4 is 10.9 Å². The van der Waals surface area contributed by atoms with Gasteiger partial charge in [-0.15, -0.1) is 5.10 Å². The van der Waals surface area contributed by atoms with Gasteiger partial charge in [-0.3, -0.25) is 10.9 Å². The highest BCUT2D eigenvalue weighted by Crippen LogP contribution is 2.32. The molecule has 1 aliphatic rings. The van der Waals surface area contributed by atoms with Crippen molar-refractivity contribution in [2.45, 2.75) is 55.9 Å². The van der Waals surface area contributed by atoms with E-state index in [0.29, 0.717) is 34.5 Å². The van der Waals surface area contributed by atoms with Gasteiger partial charge in [0.05, 0.1) is 11.1 Å². The van der Waals surface area contributed by atoms with Gasteiger partial charge in [0.15, 0.2) is 16.6 Å². The van der Waals surface area contributed by atoms with Gasteiger partial charge in [-0.2, -0.15) is 17.7 Å². The first-order valence-electron chi connectivity index (χ1n) is 11.2. The Morgan fingerprint density at radius 3 is 2.53 bits per heavy atom. The van der Waals surface area contributed by atoms with Crippen molar-refractivity contribution in [3.8, 4) is 0 Å². The van der Waals surface area contributed by atoms with E-state index < -0.39 is 11.7 Å². The summed E-state index contributed by atoms with van der Waals surface area (Å²) in [5.41, 5.74) is 7.99. The molecule has 0 bridgehead atoms. The highest BCUT2D eigenvalue weighted by molar-refractivity contribution is 7.98. The molecular weight excluding hydrogens is 461 g/mol. The molecular formula is C24H25F3N6S. The molecule has 1 fully saturated rings. The molecule has 2 aromatic heterocycles. The lowest BCUT2D eigenvalue weighted by Gasteiger charge is -2.16. The summed E-state index contributed by atoms with van der Waals surface area (Å²) in [7, 11) is 0. The highest BCUT2D eigenvalue weighted by Gasteiger charge is 2.31. The number of rotatable bonds is 6. The van der Waals surface area contributed by atoms with E-state index in [2.05, 4.69) is 24.7 Å². The van der Waals surface area contributed by atoms with Crippen molar-refractivity contribution in [2.24, 2.45) is 5.92 Å². The number of para-hydroxylation sites is 1. The number of nitrogens with zero attached hydrogens (tertiary/aromatic N) is 4. The van der Waals surface area contributed by atoms with Gasteiger partial charge < -0.3 is 0 Å². The van der Waals surface area contributed by atoms with E-state index in [1.54, 1.807) is 10.6 Å². The van der Waals surface area contributed by atoms with E-state index in [9.17, 15) is 13.2 Å². The molecule has 178 valence electrons. The van der Waals surface area contributed by atoms with Gasteiger partial charge in [-0.25, -0.2) is 9.97 Å². The molecule has 2 atom stereocenters. The fourth-order valence-corrected chi connectivity index (χ4v) is 5.35. The molecule has 6 nitrogen and oxygen atoms in total. The van der Waals surface area contributed by atoms with E-state index in [-0.39, 0.29) is 0 Å². The molecule has 4 aromatic rings. The second-order valence-electron chi connectivity index (χ2n) is 8.73. The summed E-state index contributed by atoms with van der Waals surface area (Å²) in [5, 5.41) is 6.25. The van der Waals surface area contributed by atoms with Gasteiger partial charge in [-0.1, -0.05) is 42.1 Å². The number of hydrogen-bond donors (Lipinski definition) is 2. The van der Waals surface area contributed by atoms with E-state index in [0.717, 1.165) is 41.3 Å². The van der Waals surface area contributed by atoms with E-state index in [1.807, 2.05) is 24.3 Å². The molecule has 2 unspecified atom stereocenters. The number of fused-ring (bicyclic) bond motifs is 3. The van der Waals surface area contributed by atoms with Crippen molar-refractivity contribution >= 4 is 28.3 Å². The van der Waals surface area contributed by atoms with E-state index in [4.69, 9.17) is 15.1 Å². The average Bonchev–Trinajstić information content (AvgIpc) is 3.39. The van der Waals surface area contributed by atoms with E-state index in [1.165, 1.54) is 23.9 Å². The second kappa shape index (κ2) is 9.16. The second-order valence-corrected chi connectivity index (χ2v) is 9.67. The Balaban J connectivity index is 1.44. The maximum absolute atomic E-state index is 13.1. The van der Waals surface area contributed by atoms with Crippen LogP contribution in [0.25, 0.3) is 16.6 Å². The molecule has 2 N–H and O–H groups in total.